The largest absolute Gasteiger partial charge is 0.476 e. The fraction of sp³-hybridized carbons (Fsp3) is 0.364. The first-order valence-electron chi connectivity index (χ1n) is 5.73. The number of hydrogen-bond acceptors (Lipinski definition) is 8. The van der Waals surface area contributed by atoms with E-state index >= 15 is 0 Å². The zero-order chi connectivity index (χ0) is 14.7. The van der Waals surface area contributed by atoms with Gasteiger partial charge in [-0.25, -0.2) is 9.97 Å². The van der Waals surface area contributed by atoms with Gasteiger partial charge in [0.05, 0.1) is 24.3 Å². The van der Waals surface area contributed by atoms with Crippen LogP contribution in [0.3, 0.4) is 0 Å². The molecule has 0 bridgehead atoms. The first-order chi connectivity index (χ1) is 9.52. The Balaban J connectivity index is 2.23. The van der Waals surface area contributed by atoms with Crippen LogP contribution in [0.1, 0.15) is 17.3 Å². The van der Waals surface area contributed by atoms with Gasteiger partial charge in [-0.3, -0.25) is 10.1 Å². The van der Waals surface area contributed by atoms with E-state index in [9.17, 15) is 10.1 Å². The Morgan fingerprint density at radius 2 is 2.20 bits per heavy atom. The molecule has 9 nitrogen and oxygen atoms in total. The highest BCUT2D eigenvalue weighted by Crippen LogP contribution is 2.30. The number of nitrogens with zero attached hydrogens (tertiary/aromatic N) is 4. The lowest BCUT2D eigenvalue weighted by Crippen LogP contribution is -2.07. The quantitative estimate of drug-likeness (QED) is 0.648. The molecule has 0 fully saturated rings. The Kier molecular flexibility index (Phi) is 3.78. The molecule has 1 N–H and O–H groups in total. The number of oxazole rings is 1. The second-order valence-corrected chi connectivity index (χ2v) is 3.94. The minimum atomic E-state index is -0.604. The van der Waals surface area contributed by atoms with Crippen molar-refractivity contribution in [2.45, 2.75) is 20.4 Å². The average Bonchev–Trinajstić information content (AvgIpc) is 2.74. The van der Waals surface area contributed by atoms with Gasteiger partial charge < -0.3 is 14.5 Å². The summed E-state index contributed by atoms with van der Waals surface area (Å²) in [4.78, 5) is 22.1. The number of aromatic nitrogens is 3. The summed E-state index contributed by atoms with van der Waals surface area (Å²) < 4.78 is 10.2. The highest BCUT2D eigenvalue weighted by Gasteiger charge is 2.24. The fourth-order valence-electron chi connectivity index (χ4n) is 1.58. The molecule has 0 atom stereocenters. The molecule has 2 heterocycles. The molecule has 2 rings (SSSR count). The van der Waals surface area contributed by atoms with Gasteiger partial charge in [0.25, 0.3) is 5.88 Å². The van der Waals surface area contributed by atoms with Crippen molar-refractivity contribution in [2.24, 2.45) is 0 Å². The lowest BCUT2D eigenvalue weighted by molar-refractivity contribution is -0.385. The molecule has 0 aliphatic carbocycles. The van der Waals surface area contributed by atoms with Gasteiger partial charge in [-0.2, -0.15) is 4.98 Å². The summed E-state index contributed by atoms with van der Waals surface area (Å²) in [6.07, 6.45) is 1.18. The van der Waals surface area contributed by atoms with Gasteiger partial charge in [0.15, 0.2) is 0 Å². The number of anilines is 1. The third-order valence-corrected chi connectivity index (χ3v) is 2.64. The van der Waals surface area contributed by atoms with E-state index in [1.54, 1.807) is 6.92 Å². The van der Waals surface area contributed by atoms with E-state index < -0.39 is 4.92 Å². The van der Waals surface area contributed by atoms with Crippen LogP contribution in [0.5, 0.6) is 5.88 Å². The van der Waals surface area contributed by atoms with E-state index in [2.05, 4.69) is 20.3 Å². The molecule has 2 aromatic rings. The number of hydrogen-bond donors (Lipinski definition) is 1. The number of rotatable bonds is 5. The van der Waals surface area contributed by atoms with Crippen LogP contribution in [0.4, 0.5) is 11.5 Å². The monoisotopic (exact) mass is 279 g/mol. The average molecular weight is 279 g/mol. The first-order valence-corrected chi connectivity index (χ1v) is 5.73. The molecule has 106 valence electrons. The summed E-state index contributed by atoms with van der Waals surface area (Å²) >= 11 is 0. The maximum atomic E-state index is 11.0. The first kappa shape index (κ1) is 13.7. The second-order valence-electron chi connectivity index (χ2n) is 3.94. The molecular weight excluding hydrogens is 266 g/mol. The third-order valence-electron chi connectivity index (χ3n) is 2.64. The maximum absolute atomic E-state index is 11.0. The summed E-state index contributed by atoms with van der Waals surface area (Å²) in [5.41, 5.74) is 0.451. The minimum absolute atomic E-state index is 0.0513. The third kappa shape index (κ3) is 2.66. The molecule has 0 aromatic carbocycles. The Morgan fingerprint density at radius 3 is 2.75 bits per heavy atom. The highest BCUT2D eigenvalue weighted by atomic mass is 16.6. The molecule has 0 saturated heterocycles. The molecule has 0 aliphatic heterocycles. The van der Waals surface area contributed by atoms with E-state index in [1.165, 1.54) is 13.4 Å². The summed E-state index contributed by atoms with van der Waals surface area (Å²) in [6, 6.07) is 0. The van der Waals surface area contributed by atoms with Crippen molar-refractivity contribution in [3.8, 4) is 5.88 Å². The summed E-state index contributed by atoms with van der Waals surface area (Å²) in [5.74, 6) is 1.08. The van der Waals surface area contributed by atoms with Crippen LogP contribution in [0.25, 0.3) is 0 Å². The number of methoxy groups -OCH3 is 1. The standard InChI is InChI=1S/C11H13N5O4/c1-6-7(2)20-8(15-6)4-12-10-9(16(17)18)11(19-3)14-5-13-10/h5H,4H2,1-3H3,(H,12,13,14). The normalized spacial score (nSPS) is 10.3. The van der Waals surface area contributed by atoms with Crippen LogP contribution in [-0.2, 0) is 6.54 Å². The number of nitrogens with one attached hydrogen (secondary N) is 1. The smallest absolute Gasteiger partial charge is 0.372 e. The molecule has 20 heavy (non-hydrogen) atoms. The molecular formula is C11H13N5O4. The SMILES string of the molecule is COc1ncnc(NCc2nc(C)c(C)o2)c1[N+](=O)[O-]. The Hall–Kier alpha value is -2.71. The second kappa shape index (κ2) is 5.51. The van der Waals surface area contributed by atoms with E-state index in [0.29, 0.717) is 11.7 Å². The zero-order valence-corrected chi connectivity index (χ0v) is 11.2. The molecule has 0 spiro atoms. The lowest BCUT2D eigenvalue weighted by atomic mass is 10.4. The molecule has 9 heteroatoms. The number of nitro groups is 1. The van der Waals surface area contributed by atoms with Gasteiger partial charge in [-0.15, -0.1) is 0 Å². The van der Waals surface area contributed by atoms with Gasteiger partial charge in [0, 0.05) is 0 Å². The van der Waals surface area contributed by atoms with Crippen LogP contribution in [0.15, 0.2) is 10.7 Å². The van der Waals surface area contributed by atoms with Crippen molar-refractivity contribution in [1.29, 1.82) is 0 Å². The fourth-order valence-corrected chi connectivity index (χ4v) is 1.58. The van der Waals surface area contributed by atoms with Gasteiger partial charge in [-0.05, 0) is 13.8 Å². The minimum Gasteiger partial charge on any atom is -0.476 e. The van der Waals surface area contributed by atoms with Crippen LogP contribution in [0.2, 0.25) is 0 Å². The summed E-state index contributed by atoms with van der Waals surface area (Å²) in [6.45, 7) is 3.79. The van der Waals surface area contributed by atoms with Gasteiger partial charge in [-0.1, -0.05) is 0 Å². The van der Waals surface area contributed by atoms with Crippen molar-refractivity contribution >= 4 is 11.5 Å². The molecule has 0 radical (unpaired) electrons. The maximum Gasteiger partial charge on any atom is 0.372 e. The van der Waals surface area contributed by atoms with Crippen molar-refractivity contribution in [2.75, 3.05) is 12.4 Å². The van der Waals surface area contributed by atoms with Crippen molar-refractivity contribution in [1.82, 2.24) is 15.0 Å². The molecule has 0 amide bonds. The Bertz CT molecular complexity index is 620. The van der Waals surface area contributed by atoms with Crippen molar-refractivity contribution < 1.29 is 14.1 Å². The Morgan fingerprint density at radius 1 is 1.45 bits per heavy atom. The Labute approximate surface area is 114 Å². The topological polar surface area (TPSA) is 116 Å². The molecule has 0 aliphatic rings. The number of ether oxygens (including phenoxy) is 1. The predicted molar refractivity (Wildman–Crippen MR) is 68.5 cm³/mol. The van der Waals surface area contributed by atoms with Gasteiger partial charge in [0.1, 0.15) is 12.1 Å². The van der Waals surface area contributed by atoms with Gasteiger partial charge in [0.2, 0.25) is 11.7 Å². The van der Waals surface area contributed by atoms with Crippen molar-refractivity contribution in [3.63, 3.8) is 0 Å². The van der Waals surface area contributed by atoms with Crippen LogP contribution in [0, 0.1) is 24.0 Å². The van der Waals surface area contributed by atoms with Crippen LogP contribution >= 0.6 is 0 Å². The lowest BCUT2D eigenvalue weighted by Gasteiger charge is -2.05. The van der Waals surface area contributed by atoms with E-state index in [0.717, 1.165) is 5.69 Å². The van der Waals surface area contributed by atoms with Crippen molar-refractivity contribution in [3.05, 3.63) is 33.8 Å². The van der Waals surface area contributed by atoms with E-state index in [-0.39, 0.29) is 23.9 Å². The van der Waals surface area contributed by atoms with E-state index in [4.69, 9.17) is 9.15 Å². The van der Waals surface area contributed by atoms with Gasteiger partial charge >= 0.3 is 5.69 Å². The molecule has 2 aromatic heterocycles. The van der Waals surface area contributed by atoms with Crippen LogP contribution < -0.4 is 10.1 Å². The summed E-state index contributed by atoms with van der Waals surface area (Å²) in [5, 5.41) is 13.8. The highest BCUT2D eigenvalue weighted by molar-refractivity contribution is 5.60. The predicted octanol–water partition coefficient (Wildman–Crippen LogP) is 1.61. The van der Waals surface area contributed by atoms with Crippen LogP contribution in [-0.4, -0.2) is 27.0 Å². The molecule has 0 unspecified atom stereocenters. The van der Waals surface area contributed by atoms with E-state index in [1.807, 2.05) is 6.92 Å². The zero-order valence-electron chi connectivity index (χ0n) is 11.2. The molecule has 0 saturated carbocycles. The number of aryl methyl sites for hydroxylation is 2. The summed E-state index contributed by atoms with van der Waals surface area (Å²) in [7, 11) is 1.31.